The monoisotopic (exact) mass is 330 g/mol. The highest BCUT2D eigenvalue weighted by molar-refractivity contribution is 7.89. The fraction of sp³-hybridized carbons (Fsp3) is 0.231. The Balaban J connectivity index is 2.16. The molecule has 0 aliphatic carbocycles. The van der Waals surface area contributed by atoms with Crippen LogP contribution in [0.15, 0.2) is 40.6 Å². The first-order chi connectivity index (χ1) is 9.41. The van der Waals surface area contributed by atoms with E-state index in [-0.39, 0.29) is 10.6 Å². The lowest BCUT2D eigenvalue weighted by Gasteiger charge is -2.18. The molecule has 7 heteroatoms. The van der Waals surface area contributed by atoms with Crippen molar-refractivity contribution in [3.05, 3.63) is 45.6 Å². The number of likely N-dealkylation sites (N-methyl/N-ethyl adjacent to an activating group) is 1. The highest BCUT2D eigenvalue weighted by atomic mass is 35.5. The van der Waals surface area contributed by atoms with E-state index in [1.807, 2.05) is 17.5 Å². The standard InChI is InChI=1S/C13H15ClN2O2S2/c1-16(7-6-11-3-2-8-19-11)20(17,18)13-5-4-10(14)9-12(13)15/h2-5,8-9H,6-7,15H2,1H3. The predicted octanol–water partition coefficient (Wildman–Crippen LogP) is 2.85. The number of hydrogen-bond acceptors (Lipinski definition) is 4. The van der Waals surface area contributed by atoms with Crippen molar-refractivity contribution < 1.29 is 8.42 Å². The van der Waals surface area contributed by atoms with Gasteiger partial charge in [-0.05, 0) is 36.1 Å². The summed E-state index contributed by atoms with van der Waals surface area (Å²) in [5.74, 6) is 0. The normalized spacial score (nSPS) is 11.9. The van der Waals surface area contributed by atoms with Crippen LogP contribution in [-0.2, 0) is 16.4 Å². The van der Waals surface area contributed by atoms with Gasteiger partial charge in [-0.25, -0.2) is 12.7 Å². The second kappa shape index (κ2) is 6.13. The number of rotatable bonds is 5. The Kier molecular flexibility index (Phi) is 4.70. The van der Waals surface area contributed by atoms with E-state index >= 15 is 0 Å². The lowest BCUT2D eigenvalue weighted by Crippen LogP contribution is -2.29. The number of nitrogen functional groups attached to an aromatic ring is 1. The molecule has 0 unspecified atom stereocenters. The van der Waals surface area contributed by atoms with Crippen LogP contribution in [0.1, 0.15) is 4.88 Å². The highest BCUT2D eigenvalue weighted by Crippen LogP contribution is 2.25. The van der Waals surface area contributed by atoms with Crippen molar-refractivity contribution in [2.24, 2.45) is 0 Å². The van der Waals surface area contributed by atoms with Gasteiger partial charge in [-0.3, -0.25) is 0 Å². The number of benzene rings is 1. The molecule has 0 saturated carbocycles. The molecule has 4 nitrogen and oxygen atoms in total. The maximum absolute atomic E-state index is 12.4. The Morgan fingerprint density at radius 3 is 2.70 bits per heavy atom. The number of thiophene rings is 1. The van der Waals surface area contributed by atoms with Crippen LogP contribution < -0.4 is 5.73 Å². The lowest BCUT2D eigenvalue weighted by molar-refractivity contribution is 0.474. The first-order valence-electron chi connectivity index (χ1n) is 5.95. The van der Waals surface area contributed by atoms with Crippen LogP contribution in [0.2, 0.25) is 5.02 Å². The molecule has 0 bridgehead atoms. The van der Waals surface area contributed by atoms with Gasteiger partial charge in [0.05, 0.1) is 5.69 Å². The summed E-state index contributed by atoms with van der Waals surface area (Å²) in [4.78, 5) is 1.24. The van der Waals surface area contributed by atoms with Gasteiger partial charge < -0.3 is 5.73 Å². The van der Waals surface area contributed by atoms with E-state index in [1.165, 1.54) is 22.5 Å². The minimum absolute atomic E-state index is 0.0931. The van der Waals surface area contributed by atoms with E-state index in [4.69, 9.17) is 17.3 Å². The second-order valence-electron chi connectivity index (χ2n) is 4.34. The molecule has 0 atom stereocenters. The van der Waals surface area contributed by atoms with E-state index in [1.54, 1.807) is 18.4 Å². The van der Waals surface area contributed by atoms with Crippen LogP contribution in [0.3, 0.4) is 0 Å². The zero-order chi connectivity index (χ0) is 14.8. The van der Waals surface area contributed by atoms with E-state index in [0.29, 0.717) is 18.0 Å². The predicted molar refractivity (Wildman–Crippen MR) is 83.7 cm³/mol. The third-order valence-electron chi connectivity index (χ3n) is 2.91. The summed E-state index contributed by atoms with van der Waals surface area (Å²) in [6.45, 7) is 0.408. The second-order valence-corrected chi connectivity index (χ2v) is 7.82. The molecule has 0 amide bonds. The minimum Gasteiger partial charge on any atom is -0.398 e. The fourth-order valence-corrected chi connectivity index (χ4v) is 3.91. The minimum atomic E-state index is -3.59. The van der Waals surface area contributed by atoms with Gasteiger partial charge in [0.2, 0.25) is 10.0 Å². The van der Waals surface area contributed by atoms with E-state index < -0.39 is 10.0 Å². The first kappa shape index (κ1) is 15.3. The topological polar surface area (TPSA) is 63.4 Å². The Morgan fingerprint density at radius 2 is 2.10 bits per heavy atom. The summed E-state index contributed by atoms with van der Waals surface area (Å²) < 4.78 is 26.2. The van der Waals surface area contributed by atoms with Gasteiger partial charge in [0, 0.05) is 23.5 Å². The molecule has 1 aromatic carbocycles. The van der Waals surface area contributed by atoms with Gasteiger partial charge in [0.15, 0.2) is 0 Å². The summed E-state index contributed by atoms with van der Waals surface area (Å²) in [5, 5.41) is 2.39. The van der Waals surface area contributed by atoms with Gasteiger partial charge in [0.25, 0.3) is 0 Å². The maximum Gasteiger partial charge on any atom is 0.244 e. The van der Waals surface area contributed by atoms with Crippen LogP contribution in [-0.4, -0.2) is 26.3 Å². The molecule has 0 radical (unpaired) electrons. The summed E-state index contributed by atoms with van der Waals surface area (Å²) in [7, 11) is -2.03. The van der Waals surface area contributed by atoms with Crippen LogP contribution in [0, 0.1) is 0 Å². The molecular formula is C13H15ClN2O2S2. The number of anilines is 1. The molecule has 1 heterocycles. The van der Waals surface area contributed by atoms with E-state index in [2.05, 4.69) is 0 Å². The Labute approximate surface area is 127 Å². The molecule has 0 saturated heterocycles. The molecule has 1 aromatic heterocycles. The van der Waals surface area contributed by atoms with E-state index in [9.17, 15) is 8.42 Å². The zero-order valence-corrected chi connectivity index (χ0v) is 13.3. The third kappa shape index (κ3) is 3.32. The number of sulfonamides is 1. The van der Waals surface area contributed by atoms with Crippen molar-refractivity contribution >= 4 is 38.6 Å². The summed E-state index contributed by atoms with van der Waals surface area (Å²) in [5.41, 5.74) is 5.91. The van der Waals surface area contributed by atoms with Gasteiger partial charge in [-0.1, -0.05) is 17.7 Å². The number of nitrogens with zero attached hydrogens (tertiary/aromatic N) is 1. The van der Waals surface area contributed by atoms with Gasteiger partial charge in [-0.2, -0.15) is 0 Å². The fourth-order valence-electron chi connectivity index (χ4n) is 1.76. The molecule has 108 valence electrons. The van der Waals surface area contributed by atoms with Crippen molar-refractivity contribution in [3.63, 3.8) is 0 Å². The molecule has 0 spiro atoms. The van der Waals surface area contributed by atoms with Gasteiger partial charge >= 0.3 is 0 Å². The SMILES string of the molecule is CN(CCc1cccs1)S(=O)(=O)c1ccc(Cl)cc1N. The average molecular weight is 331 g/mol. The van der Waals surface area contributed by atoms with Crippen LogP contribution in [0.25, 0.3) is 0 Å². The maximum atomic E-state index is 12.4. The largest absolute Gasteiger partial charge is 0.398 e. The van der Waals surface area contributed by atoms with Crippen molar-refractivity contribution in [2.75, 3.05) is 19.3 Å². The number of nitrogens with two attached hydrogens (primary N) is 1. The molecule has 0 aliphatic rings. The zero-order valence-electron chi connectivity index (χ0n) is 10.9. The molecule has 2 N–H and O–H groups in total. The van der Waals surface area contributed by atoms with Crippen LogP contribution >= 0.6 is 22.9 Å². The smallest absolute Gasteiger partial charge is 0.244 e. The quantitative estimate of drug-likeness (QED) is 0.857. The third-order valence-corrected chi connectivity index (χ3v) is 6.02. The number of hydrogen-bond donors (Lipinski definition) is 1. The summed E-state index contributed by atoms with van der Waals surface area (Å²) >= 11 is 7.40. The first-order valence-corrected chi connectivity index (χ1v) is 8.65. The molecule has 0 aliphatic heterocycles. The molecule has 2 rings (SSSR count). The Hall–Kier alpha value is -1.08. The Bertz CT molecular complexity index is 684. The number of halogens is 1. The summed E-state index contributed by atoms with van der Waals surface area (Å²) in [6, 6.07) is 8.35. The van der Waals surface area contributed by atoms with Crippen LogP contribution in [0.5, 0.6) is 0 Å². The van der Waals surface area contributed by atoms with Gasteiger partial charge in [-0.15, -0.1) is 11.3 Å². The van der Waals surface area contributed by atoms with Crippen LogP contribution in [0.4, 0.5) is 5.69 Å². The van der Waals surface area contributed by atoms with Crippen molar-refractivity contribution in [2.45, 2.75) is 11.3 Å². The van der Waals surface area contributed by atoms with Crippen molar-refractivity contribution in [3.8, 4) is 0 Å². The average Bonchev–Trinajstić information content (AvgIpc) is 2.88. The van der Waals surface area contributed by atoms with E-state index in [0.717, 1.165) is 4.88 Å². The lowest BCUT2D eigenvalue weighted by atomic mass is 10.3. The highest BCUT2D eigenvalue weighted by Gasteiger charge is 2.23. The molecule has 20 heavy (non-hydrogen) atoms. The Morgan fingerprint density at radius 1 is 1.35 bits per heavy atom. The molecule has 0 fully saturated rings. The molecule has 2 aromatic rings. The van der Waals surface area contributed by atoms with Gasteiger partial charge in [0.1, 0.15) is 4.90 Å². The van der Waals surface area contributed by atoms with Crippen molar-refractivity contribution in [1.29, 1.82) is 0 Å². The van der Waals surface area contributed by atoms with Crippen molar-refractivity contribution in [1.82, 2.24) is 4.31 Å². The summed E-state index contributed by atoms with van der Waals surface area (Å²) in [6.07, 6.45) is 0.681. The molecular weight excluding hydrogens is 316 g/mol.